The molecule has 140 valence electrons. The van der Waals surface area contributed by atoms with Crippen molar-refractivity contribution in [3.05, 3.63) is 64.4 Å². The number of nitrogens with one attached hydrogen (secondary N) is 2. The van der Waals surface area contributed by atoms with E-state index in [4.69, 9.17) is 0 Å². The molecule has 1 aliphatic heterocycles. The summed E-state index contributed by atoms with van der Waals surface area (Å²) in [6.07, 6.45) is 5.79. The number of thiazole rings is 1. The number of hydrogen-bond acceptors (Lipinski definition) is 5. The Morgan fingerprint density at radius 1 is 1.26 bits per heavy atom. The fourth-order valence-electron chi connectivity index (χ4n) is 3.39. The van der Waals surface area contributed by atoms with Gasteiger partial charge < -0.3 is 5.32 Å². The molecule has 7 heteroatoms. The Kier molecular flexibility index (Phi) is 5.31. The van der Waals surface area contributed by atoms with Gasteiger partial charge in [-0.05, 0) is 44.3 Å². The minimum Gasteiger partial charge on any atom is -0.317 e. The Morgan fingerprint density at radius 2 is 2.04 bits per heavy atom. The van der Waals surface area contributed by atoms with Crippen LogP contribution in [0.15, 0.2) is 42.7 Å². The lowest BCUT2D eigenvalue weighted by atomic mass is 9.97. The highest BCUT2D eigenvalue weighted by atomic mass is 32.1. The monoisotopic (exact) mass is 381 g/mol. The normalized spacial score (nSPS) is 15.0. The molecular weight excluding hydrogens is 358 g/mol. The average molecular weight is 382 g/mol. The zero-order chi connectivity index (χ0) is 18.6. The molecule has 4 rings (SSSR count). The molecule has 27 heavy (non-hydrogen) atoms. The van der Waals surface area contributed by atoms with Crippen LogP contribution in [0.4, 0.5) is 5.13 Å². The lowest BCUT2D eigenvalue weighted by Gasteiger charge is -2.20. The van der Waals surface area contributed by atoms with E-state index in [2.05, 4.69) is 32.8 Å². The van der Waals surface area contributed by atoms with Crippen LogP contribution in [-0.2, 0) is 6.54 Å². The molecule has 1 fully saturated rings. The van der Waals surface area contributed by atoms with Gasteiger partial charge in [-0.3, -0.25) is 14.8 Å². The zero-order valence-electron chi connectivity index (χ0n) is 15.3. The topological polar surface area (TPSA) is 71.8 Å². The first kappa shape index (κ1) is 17.9. The Balaban J connectivity index is 1.43. The molecule has 6 nitrogen and oxygen atoms in total. The summed E-state index contributed by atoms with van der Waals surface area (Å²) in [5, 5.41) is 11.4. The molecule has 3 aromatic rings. The van der Waals surface area contributed by atoms with E-state index >= 15 is 0 Å². The highest BCUT2D eigenvalue weighted by molar-refractivity contribution is 7.15. The summed E-state index contributed by atoms with van der Waals surface area (Å²) in [5.74, 6) is 0.391. The van der Waals surface area contributed by atoms with Gasteiger partial charge in [0.2, 0.25) is 0 Å². The summed E-state index contributed by atoms with van der Waals surface area (Å²) in [5.41, 5.74) is 2.60. The third-order valence-electron chi connectivity index (χ3n) is 5.01. The van der Waals surface area contributed by atoms with Crippen LogP contribution in [0.2, 0.25) is 0 Å². The van der Waals surface area contributed by atoms with Crippen molar-refractivity contribution in [2.24, 2.45) is 0 Å². The van der Waals surface area contributed by atoms with Crippen LogP contribution in [0.1, 0.15) is 45.3 Å². The van der Waals surface area contributed by atoms with Crippen LogP contribution in [0, 0.1) is 6.92 Å². The Bertz CT molecular complexity index is 912. The first-order chi connectivity index (χ1) is 13.2. The van der Waals surface area contributed by atoms with Crippen LogP contribution < -0.4 is 10.6 Å². The van der Waals surface area contributed by atoms with Crippen LogP contribution in [0.5, 0.6) is 0 Å². The first-order valence-corrected chi connectivity index (χ1v) is 10.1. The summed E-state index contributed by atoms with van der Waals surface area (Å²) in [7, 11) is 0. The Labute approximate surface area is 162 Å². The third kappa shape index (κ3) is 4.09. The molecular formula is C20H23N5OS. The number of hydrogen-bond donors (Lipinski definition) is 2. The van der Waals surface area contributed by atoms with Gasteiger partial charge in [-0.25, -0.2) is 4.98 Å². The predicted molar refractivity (Wildman–Crippen MR) is 107 cm³/mol. The molecule has 0 spiro atoms. The molecule has 0 atom stereocenters. The molecule has 3 heterocycles. The maximum atomic E-state index is 12.7. The van der Waals surface area contributed by atoms with Crippen molar-refractivity contribution in [3.8, 4) is 0 Å². The summed E-state index contributed by atoms with van der Waals surface area (Å²) >= 11 is 1.58. The molecule has 0 bridgehead atoms. The molecule has 1 aliphatic rings. The number of piperidine rings is 1. The minimum atomic E-state index is -0.155. The summed E-state index contributed by atoms with van der Waals surface area (Å²) in [6.45, 7) is 4.67. The molecule has 1 saturated heterocycles. The van der Waals surface area contributed by atoms with Crippen molar-refractivity contribution in [2.75, 3.05) is 18.4 Å². The average Bonchev–Trinajstić information content (AvgIpc) is 3.31. The lowest BCUT2D eigenvalue weighted by molar-refractivity contribution is 0.102. The quantitative estimate of drug-likeness (QED) is 0.710. The number of rotatable bonds is 5. The van der Waals surface area contributed by atoms with Gasteiger partial charge in [0.25, 0.3) is 5.91 Å². The van der Waals surface area contributed by atoms with Gasteiger partial charge >= 0.3 is 0 Å². The lowest BCUT2D eigenvalue weighted by Crippen LogP contribution is -2.26. The number of anilines is 1. The number of benzene rings is 1. The predicted octanol–water partition coefficient (Wildman–Crippen LogP) is 3.42. The number of carbonyl (C=O) groups excluding carboxylic acids is 1. The molecule has 2 aromatic heterocycles. The number of nitrogens with zero attached hydrogens (tertiary/aromatic N) is 3. The third-order valence-corrected chi connectivity index (χ3v) is 6.08. The van der Waals surface area contributed by atoms with Crippen molar-refractivity contribution < 1.29 is 4.79 Å². The standard InChI is InChI=1S/C20H23N5OS/c1-14-17(11-23-25(14)13-15-5-3-2-4-6-15)19(26)24-20-22-12-18(27-20)16-7-9-21-10-8-16/h2-6,11-12,16,21H,7-10,13H2,1H3,(H,22,24,26). The smallest absolute Gasteiger partial charge is 0.260 e. The second-order valence-corrected chi connectivity index (χ2v) is 7.90. The number of amides is 1. The SMILES string of the molecule is Cc1c(C(=O)Nc2ncc(C3CCNCC3)s2)cnn1Cc1ccccc1. The summed E-state index contributed by atoms with van der Waals surface area (Å²) in [6, 6.07) is 10.1. The zero-order valence-corrected chi connectivity index (χ0v) is 16.1. The van der Waals surface area contributed by atoms with Gasteiger partial charge in [0.1, 0.15) is 0 Å². The van der Waals surface area contributed by atoms with E-state index in [0.29, 0.717) is 23.2 Å². The van der Waals surface area contributed by atoms with Gasteiger partial charge in [0.15, 0.2) is 5.13 Å². The van der Waals surface area contributed by atoms with E-state index in [1.807, 2.05) is 36.0 Å². The largest absolute Gasteiger partial charge is 0.317 e. The van der Waals surface area contributed by atoms with Crippen LogP contribution >= 0.6 is 11.3 Å². The van der Waals surface area contributed by atoms with E-state index in [1.54, 1.807) is 17.5 Å². The van der Waals surface area contributed by atoms with Gasteiger partial charge in [-0.15, -0.1) is 11.3 Å². The molecule has 1 amide bonds. The Morgan fingerprint density at radius 3 is 2.81 bits per heavy atom. The van der Waals surface area contributed by atoms with Gasteiger partial charge in [0, 0.05) is 16.8 Å². The highest BCUT2D eigenvalue weighted by Crippen LogP contribution is 2.31. The summed E-state index contributed by atoms with van der Waals surface area (Å²) < 4.78 is 1.85. The second-order valence-electron chi connectivity index (χ2n) is 6.83. The molecule has 0 radical (unpaired) electrons. The van der Waals surface area contributed by atoms with Crippen LogP contribution in [-0.4, -0.2) is 33.8 Å². The molecule has 0 unspecified atom stereocenters. The fourth-order valence-corrected chi connectivity index (χ4v) is 4.37. The highest BCUT2D eigenvalue weighted by Gasteiger charge is 2.20. The Hall–Kier alpha value is -2.51. The van der Waals surface area contributed by atoms with E-state index in [1.165, 1.54) is 4.88 Å². The van der Waals surface area contributed by atoms with Crippen LogP contribution in [0.25, 0.3) is 0 Å². The molecule has 0 saturated carbocycles. The number of carbonyl (C=O) groups is 1. The van der Waals surface area contributed by atoms with Crippen molar-refractivity contribution in [1.29, 1.82) is 0 Å². The summed E-state index contributed by atoms with van der Waals surface area (Å²) in [4.78, 5) is 18.3. The van der Waals surface area contributed by atoms with Gasteiger partial charge in [0.05, 0.1) is 18.3 Å². The van der Waals surface area contributed by atoms with E-state index < -0.39 is 0 Å². The van der Waals surface area contributed by atoms with Gasteiger partial charge in [-0.2, -0.15) is 5.10 Å². The van der Waals surface area contributed by atoms with Crippen molar-refractivity contribution >= 4 is 22.4 Å². The molecule has 2 N–H and O–H groups in total. The van der Waals surface area contributed by atoms with Crippen molar-refractivity contribution in [2.45, 2.75) is 32.2 Å². The second kappa shape index (κ2) is 8.02. The van der Waals surface area contributed by atoms with Gasteiger partial charge in [-0.1, -0.05) is 30.3 Å². The van der Waals surface area contributed by atoms with Crippen molar-refractivity contribution in [1.82, 2.24) is 20.1 Å². The maximum Gasteiger partial charge on any atom is 0.260 e. The minimum absolute atomic E-state index is 0.155. The van der Waals surface area contributed by atoms with Crippen LogP contribution in [0.3, 0.4) is 0 Å². The van der Waals surface area contributed by atoms with Crippen molar-refractivity contribution in [3.63, 3.8) is 0 Å². The first-order valence-electron chi connectivity index (χ1n) is 9.25. The molecule has 0 aliphatic carbocycles. The molecule has 1 aromatic carbocycles. The van der Waals surface area contributed by atoms with E-state index in [0.717, 1.165) is 37.2 Å². The van der Waals surface area contributed by atoms with E-state index in [-0.39, 0.29) is 5.91 Å². The number of aromatic nitrogens is 3. The van der Waals surface area contributed by atoms with E-state index in [9.17, 15) is 4.79 Å². The fraction of sp³-hybridized carbons (Fsp3) is 0.350. The maximum absolute atomic E-state index is 12.7.